The monoisotopic (exact) mass is 279 g/mol. The van der Waals surface area contributed by atoms with Crippen LogP contribution in [0.5, 0.6) is 11.5 Å². The minimum atomic E-state index is -0.906. The van der Waals surface area contributed by atoms with E-state index in [2.05, 4.69) is 22.0 Å². The van der Waals surface area contributed by atoms with Crippen LogP contribution in [0.15, 0.2) is 12.3 Å². The second kappa shape index (κ2) is 5.48. The zero-order valence-electron chi connectivity index (χ0n) is 10.8. The summed E-state index contributed by atoms with van der Waals surface area (Å²) in [7, 11) is 2.53. The highest BCUT2D eigenvalue weighted by Gasteiger charge is 2.18. The van der Waals surface area contributed by atoms with E-state index < -0.39 is 17.2 Å². The van der Waals surface area contributed by atoms with Crippen molar-refractivity contribution in [2.75, 3.05) is 20.0 Å². The van der Waals surface area contributed by atoms with Crippen LogP contribution in [0.25, 0.3) is 0 Å². The van der Waals surface area contributed by atoms with Crippen LogP contribution in [0.1, 0.15) is 11.3 Å². The summed E-state index contributed by atoms with van der Waals surface area (Å²) >= 11 is 0. The smallest absolute Gasteiger partial charge is 0.183 e. The van der Waals surface area contributed by atoms with Crippen molar-refractivity contribution in [2.24, 2.45) is 0 Å². The lowest BCUT2D eigenvalue weighted by Crippen LogP contribution is -1.99. The average Bonchev–Trinajstić information content (AvgIpc) is 2.84. The summed E-state index contributed by atoms with van der Waals surface area (Å²) in [5.41, 5.74) is 5.65. The molecule has 3 N–H and O–H groups in total. The summed E-state index contributed by atoms with van der Waals surface area (Å²) < 4.78 is 37.6. The fourth-order valence-corrected chi connectivity index (χ4v) is 1.52. The summed E-state index contributed by atoms with van der Waals surface area (Å²) in [5, 5.41) is 6.17. The molecular weight excluding hydrogens is 268 g/mol. The number of aromatic amines is 1. The van der Waals surface area contributed by atoms with Crippen molar-refractivity contribution < 1.29 is 18.3 Å². The van der Waals surface area contributed by atoms with Crippen molar-refractivity contribution in [3.63, 3.8) is 0 Å². The van der Waals surface area contributed by atoms with E-state index >= 15 is 0 Å². The maximum absolute atomic E-state index is 14.0. The SMILES string of the molecule is COc1cc(OC)c(F)c(C#Cc2[nH]ncc2N)c1F. The van der Waals surface area contributed by atoms with Crippen molar-refractivity contribution in [1.29, 1.82) is 0 Å². The Morgan fingerprint density at radius 1 is 1.15 bits per heavy atom. The van der Waals surface area contributed by atoms with E-state index in [9.17, 15) is 8.78 Å². The number of nitrogens with zero attached hydrogens (tertiary/aromatic N) is 1. The number of anilines is 1. The average molecular weight is 279 g/mol. The number of nitrogen functional groups attached to an aromatic ring is 1. The van der Waals surface area contributed by atoms with Gasteiger partial charge in [0.1, 0.15) is 11.3 Å². The molecule has 0 saturated heterocycles. The summed E-state index contributed by atoms with van der Waals surface area (Å²) in [5.74, 6) is 2.74. The Morgan fingerprint density at radius 2 is 1.75 bits per heavy atom. The van der Waals surface area contributed by atoms with Crippen LogP contribution < -0.4 is 15.2 Å². The van der Waals surface area contributed by atoms with Crippen molar-refractivity contribution in [2.45, 2.75) is 0 Å². The van der Waals surface area contributed by atoms with Gasteiger partial charge in [0.25, 0.3) is 0 Å². The molecule has 0 radical (unpaired) electrons. The van der Waals surface area contributed by atoms with Gasteiger partial charge >= 0.3 is 0 Å². The number of halogens is 2. The Hall–Kier alpha value is -2.75. The third kappa shape index (κ3) is 2.36. The lowest BCUT2D eigenvalue weighted by atomic mass is 10.1. The van der Waals surface area contributed by atoms with Gasteiger partial charge in [-0.25, -0.2) is 8.78 Å². The van der Waals surface area contributed by atoms with Gasteiger partial charge in [0.15, 0.2) is 23.1 Å². The van der Waals surface area contributed by atoms with Crippen molar-refractivity contribution >= 4 is 5.69 Å². The van der Waals surface area contributed by atoms with E-state index in [-0.39, 0.29) is 22.9 Å². The molecule has 1 heterocycles. The standard InChI is InChI=1S/C13H11F2N3O2/c1-19-10-5-11(20-2)13(15)7(12(10)14)3-4-9-8(16)6-17-18-9/h5-6H,16H2,1-2H3,(H,17,18). The molecule has 0 aliphatic carbocycles. The first-order valence-electron chi connectivity index (χ1n) is 5.49. The second-order valence-corrected chi connectivity index (χ2v) is 3.73. The normalized spacial score (nSPS) is 9.80. The minimum absolute atomic E-state index is 0.162. The lowest BCUT2D eigenvalue weighted by Gasteiger charge is -2.08. The predicted molar refractivity (Wildman–Crippen MR) is 68.4 cm³/mol. The number of ether oxygens (including phenoxy) is 2. The van der Waals surface area contributed by atoms with Gasteiger partial charge < -0.3 is 15.2 Å². The molecule has 0 atom stereocenters. The van der Waals surface area contributed by atoms with Crippen LogP contribution in [0.2, 0.25) is 0 Å². The highest BCUT2D eigenvalue weighted by Crippen LogP contribution is 2.30. The molecular formula is C13H11F2N3O2. The van der Waals surface area contributed by atoms with Gasteiger partial charge in [-0.05, 0) is 5.92 Å². The summed E-state index contributed by atoms with van der Waals surface area (Å²) in [6.45, 7) is 0. The van der Waals surface area contributed by atoms with Crippen molar-refractivity contribution in [3.05, 3.63) is 35.2 Å². The molecule has 0 amide bonds. The predicted octanol–water partition coefficient (Wildman–Crippen LogP) is 1.69. The van der Waals surface area contributed by atoms with E-state index in [0.29, 0.717) is 0 Å². The first-order valence-corrected chi connectivity index (χ1v) is 5.49. The maximum atomic E-state index is 14.0. The van der Waals surface area contributed by atoms with E-state index in [0.717, 1.165) is 6.07 Å². The number of methoxy groups -OCH3 is 2. The number of aromatic nitrogens is 2. The molecule has 0 aliphatic heterocycles. The Labute approximate surface area is 113 Å². The number of nitrogens with two attached hydrogens (primary N) is 1. The molecule has 0 spiro atoms. The molecule has 1 aromatic carbocycles. The molecule has 104 valence electrons. The Bertz CT molecular complexity index is 673. The Kier molecular flexibility index (Phi) is 3.75. The fourth-order valence-electron chi connectivity index (χ4n) is 1.52. The second-order valence-electron chi connectivity index (χ2n) is 3.73. The fraction of sp³-hybridized carbons (Fsp3) is 0.154. The van der Waals surface area contributed by atoms with Gasteiger partial charge in [-0.3, -0.25) is 5.10 Å². The number of hydrogen-bond donors (Lipinski definition) is 2. The molecule has 1 aromatic heterocycles. The Balaban J connectivity index is 2.56. The zero-order chi connectivity index (χ0) is 14.7. The Morgan fingerprint density at radius 3 is 2.20 bits per heavy atom. The molecule has 7 heteroatoms. The number of nitrogens with one attached hydrogen (secondary N) is 1. The molecule has 0 bridgehead atoms. The van der Waals surface area contributed by atoms with Crippen LogP contribution in [-0.4, -0.2) is 24.4 Å². The third-order valence-corrected chi connectivity index (χ3v) is 2.55. The summed E-state index contributed by atoms with van der Waals surface area (Å²) in [6.07, 6.45) is 1.35. The van der Waals surface area contributed by atoms with Gasteiger partial charge in [-0.1, -0.05) is 5.92 Å². The van der Waals surface area contributed by atoms with E-state index in [1.807, 2.05) is 0 Å². The number of hydrogen-bond acceptors (Lipinski definition) is 4. The van der Waals surface area contributed by atoms with Crippen LogP contribution in [0.3, 0.4) is 0 Å². The molecule has 0 unspecified atom stereocenters. The van der Waals surface area contributed by atoms with Crippen molar-refractivity contribution in [3.8, 4) is 23.3 Å². The first kappa shape index (κ1) is 13.7. The molecule has 5 nitrogen and oxygen atoms in total. The van der Waals surface area contributed by atoms with Gasteiger partial charge in [0.05, 0.1) is 26.1 Å². The molecule has 0 fully saturated rings. The van der Waals surface area contributed by atoms with E-state index in [4.69, 9.17) is 15.2 Å². The maximum Gasteiger partial charge on any atom is 0.183 e. The van der Waals surface area contributed by atoms with Crippen molar-refractivity contribution in [1.82, 2.24) is 10.2 Å². The molecule has 20 heavy (non-hydrogen) atoms. The van der Waals surface area contributed by atoms with Gasteiger partial charge in [0.2, 0.25) is 0 Å². The third-order valence-electron chi connectivity index (χ3n) is 2.55. The quantitative estimate of drug-likeness (QED) is 0.820. The molecule has 2 rings (SSSR count). The van der Waals surface area contributed by atoms with Crippen LogP contribution in [0.4, 0.5) is 14.5 Å². The topological polar surface area (TPSA) is 73.2 Å². The largest absolute Gasteiger partial charge is 0.493 e. The van der Waals surface area contributed by atoms with Crippen LogP contribution in [-0.2, 0) is 0 Å². The molecule has 2 aromatic rings. The highest BCUT2D eigenvalue weighted by atomic mass is 19.1. The highest BCUT2D eigenvalue weighted by molar-refractivity contribution is 5.55. The lowest BCUT2D eigenvalue weighted by molar-refractivity contribution is 0.357. The molecule has 0 aliphatic rings. The van der Waals surface area contributed by atoms with E-state index in [1.165, 1.54) is 20.4 Å². The zero-order valence-corrected chi connectivity index (χ0v) is 10.8. The van der Waals surface area contributed by atoms with E-state index in [1.54, 1.807) is 0 Å². The van der Waals surface area contributed by atoms with Gasteiger partial charge in [0, 0.05) is 6.07 Å². The first-order chi connectivity index (χ1) is 9.58. The minimum Gasteiger partial charge on any atom is -0.493 e. The number of benzene rings is 1. The molecule has 0 saturated carbocycles. The van der Waals surface area contributed by atoms with Crippen LogP contribution >= 0.6 is 0 Å². The van der Waals surface area contributed by atoms with Gasteiger partial charge in [-0.15, -0.1) is 0 Å². The number of H-pyrrole nitrogens is 1. The van der Waals surface area contributed by atoms with Crippen LogP contribution in [0, 0.1) is 23.5 Å². The summed E-state index contributed by atoms with van der Waals surface area (Å²) in [4.78, 5) is 0. The number of rotatable bonds is 2. The van der Waals surface area contributed by atoms with Gasteiger partial charge in [-0.2, -0.15) is 5.10 Å². The summed E-state index contributed by atoms with van der Waals surface area (Å²) in [6, 6.07) is 1.11.